The molecule has 1 aliphatic rings. The second kappa shape index (κ2) is 11.8. The summed E-state index contributed by atoms with van der Waals surface area (Å²) in [6, 6.07) is 19.8. The van der Waals surface area contributed by atoms with Gasteiger partial charge in [-0.2, -0.15) is 0 Å². The minimum absolute atomic E-state index is 0.0994. The molecule has 0 bridgehead atoms. The molecule has 3 aromatic rings. The number of esters is 1. The number of carbonyl (C=O) groups is 3. The van der Waals surface area contributed by atoms with Crippen molar-refractivity contribution in [2.75, 3.05) is 21.3 Å². The average molecular weight is 521 g/mol. The molecular weight excluding hydrogens is 491 g/mol. The number of carbonyl (C=O) groups excluding carboxylic acids is 3. The quantitative estimate of drug-likeness (QED) is 0.469. The van der Waals surface area contributed by atoms with Crippen molar-refractivity contribution in [1.29, 1.82) is 0 Å². The Kier molecular flexibility index (Phi) is 8.25. The number of ether oxygens (including phenoxy) is 3. The molecular formula is C29H29FN2O6. The number of nitrogens with one attached hydrogen (secondary N) is 1. The zero-order chi connectivity index (χ0) is 27.2. The number of rotatable bonds is 7. The molecule has 198 valence electrons. The van der Waals surface area contributed by atoms with Crippen molar-refractivity contribution in [2.24, 2.45) is 5.92 Å². The fourth-order valence-electron chi connectivity index (χ4n) is 5.08. The van der Waals surface area contributed by atoms with E-state index in [1.54, 1.807) is 48.5 Å². The number of halogens is 1. The summed E-state index contributed by atoms with van der Waals surface area (Å²) in [4.78, 5) is 41.8. The van der Waals surface area contributed by atoms with Crippen LogP contribution >= 0.6 is 0 Å². The first-order chi connectivity index (χ1) is 18.4. The fourth-order valence-corrected chi connectivity index (χ4v) is 5.08. The maximum Gasteiger partial charge on any atom is 0.410 e. The first-order valence-electron chi connectivity index (χ1n) is 12.0. The van der Waals surface area contributed by atoms with Gasteiger partial charge in [-0.05, 0) is 41.0 Å². The molecule has 38 heavy (non-hydrogen) atoms. The number of nitrogens with zero attached hydrogens (tertiary/aromatic N) is 1. The highest BCUT2D eigenvalue weighted by molar-refractivity contribution is 5.91. The molecule has 1 fully saturated rings. The predicted octanol–water partition coefficient (Wildman–Crippen LogP) is 4.22. The lowest BCUT2D eigenvalue weighted by molar-refractivity contribution is -0.146. The summed E-state index contributed by atoms with van der Waals surface area (Å²) in [5.74, 6) is -2.51. The Hall–Kier alpha value is -4.40. The molecule has 0 radical (unpaired) electrons. The van der Waals surface area contributed by atoms with Gasteiger partial charge < -0.3 is 19.5 Å². The van der Waals surface area contributed by atoms with Gasteiger partial charge in [-0.15, -0.1) is 0 Å². The van der Waals surface area contributed by atoms with Gasteiger partial charge in [0, 0.05) is 12.5 Å². The first kappa shape index (κ1) is 26.7. The lowest BCUT2D eigenvalue weighted by Gasteiger charge is -2.30. The van der Waals surface area contributed by atoms with E-state index in [0.29, 0.717) is 22.4 Å². The third kappa shape index (κ3) is 5.32. The molecule has 1 N–H and O–H groups in total. The molecule has 0 spiro atoms. The van der Waals surface area contributed by atoms with Crippen LogP contribution in [0.3, 0.4) is 0 Å². The Morgan fingerprint density at radius 3 is 2.08 bits per heavy atom. The molecule has 1 heterocycles. The average Bonchev–Trinajstić information content (AvgIpc) is 3.32. The molecule has 4 rings (SSSR count). The van der Waals surface area contributed by atoms with E-state index in [0.717, 1.165) is 0 Å². The number of likely N-dealkylation sites (tertiary alicyclic amines) is 1. The maximum absolute atomic E-state index is 13.8. The largest absolute Gasteiger partial charge is 0.497 e. The van der Waals surface area contributed by atoms with E-state index < -0.39 is 41.9 Å². The minimum atomic E-state index is -1.11. The Morgan fingerprint density at radius 1 is 0.842 bits per heavy atom. The molecule has 1 aliphatic heterocycles. The zero-order valence-electron chi connectivity index (χ0n) is 21.3. The Bertz CT molecular complexity index is 1270. The van der Waals surface area contributed by atoms with E-state index in [2.05, 4.69) is 5.32 Å². The normalized spacial score (nSPS) is 20.5. The van der Waals surface area contributed by atoms with E-state index in [1.807, 2.05) is 18.2 Å². The van der Waals surface area contributed by atoms with Gasteiger partial charge in [0.25, 0.3) is 0 Å². The molecule has 0 aliphatic carbocycles. The van der Waals surface area contributed by atoms with Crippen molar-refractivity contribution in [2.45, 2.75) is 24.5 Å². The topological polar surface area (TPSA) is 94.2 Å². The van der Waals surface area contributed by atoms with Crippen LogP contribution in [0.25, 0.3) is 0 Å². The van der Waals surface area contributed by atoms with Crippen LogP contribution in [0.4, 0.5) is 9.18 Å². The summed E-state index contributed by atoms with van der Waals surface area (Å²) in [6.45, 7) is 0.0994. The van der Waals surface area contributed by atoms with Gasteiger partial charge in [-0.1, -0.05) is 54.6 Å². The van der Waals surface area contributed by atoms with Gasteiger partial charge in [-0.3, -0.25) is 14.5 Å². The van der Waals surface area contributed by atoms with Crippen molar-refractivity contribution in [3.05, 3.63) is 101 Å². The summed E-state index contributed by atoms with van der Waals surface area (Å²) in [6.07, 6.45) is -0.764. The number of hydrogen-bond acceptors (Lipinski definition) is 6. The van der Waals surface area contributed by atoms with Crippen LogP contribution in [0.1, 0.15) is 28.7 Å². The SMILES string of the molecule is COC(=O)C1C(c2ccccc2)C(C(=O)NCc2ccc(F)cc2)N(C(=O)OC)C1c1ccc(OC)cc1. The number of benzene rings is 3. The second-order valence-corrected chi connectivity index (χ2v) is 8.87. The standard InChI is InChI=1S/C29H29FN2O6/c1-36-22-15-11-20(12-16-22)25-24(28(34)37-2)23(19-7-5-4-6-8-19)26(32(25)29(35)38-3)27(33)31-17-18-9-13-21(30)14-10-18/h4-16,23-26H,17H2,1-3H3,(H,31,33). The summed E-state index contributed by atoms with van der Waals surface area (Å²) >= 11 is 0. The third-order valence-electron chi connectivity index (χ3n) is 6.82. The smallest absolute Gasteiger partial charge is 0.410 e. The van der Waals surface area contributed by atoms with E-state index in [9.17, 15) is 18.8 Å². The monoisotopic (exact) mass is 520 g/mol. The van der Waals surface area contributed by atoms with Crippen molar-refractivity contribution >= 4 is 18.0 Å². The number of methoxy groups -OCH3 is 3. The van der Waals surface area contributed by atoms with Gasteiger partial charge in [0.2, 0.25) is 5.91 Å². The fraction of sp³-hybridized carbons (Fsp3) is 0.276. The van der Waals surface area contributed by atoms with Crippen molar-refractivity contribution in [3.63, 3.8) is 0 Å². The molecule has 2 amide bonds. The van der Waals surface area contributed by atoms with Gasteiger partial charge >= 0.3 is 12.1 Å². The molecule has 4 atom stereocenters. The summed E-state index contributed by atoms with van der Waals surface area (Å²) in [7, 11) is 4.04. The lowest BCUT2D eigenvalue weighted by atomic mass is 9.79. The van der Waals surface area contributed by atoms with E-state index in [4.69, 9.17) is 14.2 Å². The van der Waals surface area contributed by atoms with Crippen molar-refractivity contribution < 1.29 is 33.0 Å². The number of amides is 2. The van der Waals surface area contributed by atoms with Crippen molar-refractivity contribution in [1.82, 2.24) is 10.2 Å². The molecule has 0 aromatic heterocycles. The van der Waals surface area contributed by atoms with Gasteiger partial charge in [-0.25, -0.2) is 9.18 Å². The molecule has 9 heteroatoms. The van der Waals surface area contributed by atoms with E-state index in [-0.39, 0.29) is 12.4 Å². The van der Waals surface area contributed by atoms with Gasteiger partial charge in [0.1, 0.15) is 17.6 Å². The summed E-state index contributed by atoms with van der Waals surface area (Å²) in [5.41, 5.74) is 1.98. The van der Waals surface area contributed by atoms with Crippen LogP contribution in [-0.4, -0.2) is 50.2 Å². The van der Waals surface area contributed by atoms with Crippen LogP contribution in [0, 0.1) is 11.7 Å². The molecule has 3 aromatic carbocycles. The number of hydrogen-bond donors (Lipinski definition) is 1. The predicted molar refractivity (Wildman–Crippen MR) is 137 cm³/mol. The molecule has 0 saturated carbocycles. The lowest BCUT2D eigenvalue weighted by Crippen LogP contribution is -2.48. The highest BCUT2D eigenvalue weighted by atomic mass is 19.1. The third-order valence-corrected chi connectivity index (χ3v) is 6.82. The summed E-state index contributed by atoms with van der Waals surface area (Å²) < 4.78 is 29.0. The minimum Gasteiger partial charge on any atom is -0.497 e. The van der Waals surface area contributed by atoms with E-state index in [1.165, 1.54) is 38.4 Å². The Balaban J connectivity index is 1.83. The summed E-state index contributed by atoms with van der Waals surface area (Å²) in [5, 5.41) is 2.85. The van der Waals surface area contributed by atoms with Gasteiger partial charge in [0.05, 0.1) is 33.3 Å². The highest BCUT2D eigenvalue weighted by Gasteiger charge is 2.58. The highest BCUT2D eigenvalue weighted by Crippen LogP contribution is 2.50. The maximum atomic E-state index is 13.8. The molecule has 8 nitrogen and oxygen atoms in total. The van der Waals surface area contributed by atoms with Crippen LogP contribution in [0.2, 0.25) is 0 Å². The van der Waals surface area contributed by atoms with Crippen LogP contribution in [0.15, 0.2) is 78.9 Å². The van der Waals surface area contributed by atoms with Crippen LogP contribution in [0.5, 0.6) is 5.75 Å². The second-order valence-electron chi connectivity index (χ2n) is 8.87. The molecule has 1 saturated heterocycles. The Morgan fingerprint density at radius 2 is 1.50 bits per heavy atom. The van der Waals surface area contributed by atoms with Crippen LogP contribution in [-0.2, 0) is 25.6 Å². The van der Waals surface area contributed by atoms with Gasteiger partial charge in [0.15, 0.2) is 0 Å². The van der Waals surface area contributed by atoms with Crippen LogP contribution < -0.4 is 10.1 Å². The van der Waals surface area contributed by atoms with Crippen molar-refractivity contribution in [3.8, 4) is 5.75 Å². The Labute approximate surface area is 220 Å². The first-order valence-corrected chi connectivity index (χ1v) is 12.0. The van der Waals surface area contributed by atoms with E-state index >= 15 is 0 Å². The zero-order valence-corrected chi connectivity index (χ0v) is 21.3. The molecule has 4 unspecified atom stereocenters.